The fourth-order valence-electron chi connectivity index (χ4n) is 3.19. The van der Waals surface area contributed by atoms with Gasteiger partial charge in [-0.15, -0.1) is 0 Å². The number of hydrogen-bond donors (Lipinski definition) is 0. The van der Waals surface area contributed by atoms with Crippen LogP contribution in [-0.4, -0.2) is 58.4 Å². The van der Waals surface area contributed by atoms with Crippen LogP contribution in [0.1, 0.15) is 29.9 Å². The van der Waals surface area contributed by atoms with E-state index in [1.54, 1.807) is 37.1 Å². The Kier molecular flexibility index (Phi) is 5.91. The lowest BCUT2D eigenvalue weighted by molar-refractivity contribution is -0.131. The van der Waals surface area contributed by atoms with E-state index in [0.717, 1.165) is 0 Å². The minimum atomic E-state index is -0.365. The molecule has 0 atom stereocenters. The maximum Gasteiger partial charge on any atom is 0.259 e. The number of nitrogens with zero attached hydrogens (tertiary/aromatic N) is 4. The summed E-state index contributed by atoms with van der Waals surface area (Å²) in [4.78, 5) is 33.0. The van der Waals surface area contributed by atoms with E-state index in [9.17, 15) is 14.0 Å². The number of amides is 2. The Morgan fingerprint density at radius 2 is 1.79 bits per heavy atom. The lowest BCUT2D eigenvalue weighted by atomic mass is 10.0. The van der Waals surface area contributed by atoms with Gasteiger partial charge in [-0.2, -0.15) is 0 Å². The number of fused-ring (bicyclic) bond motifs is 1. The number of halogens is 1. The van der Waals surface area contributed by atoms with Gasteiger partial charge in [0.2, 0.25) is 5.91 Å². The Hall–Kier alpha value is -3.29. The molecule has 0 aliphatic heterocycles. The van der Waals surface area contributed by atoms with Gasteiger partial charge in [0.15, 0.2) is 0 Å². The maximum absolute atomic E-state index is 13.3. The molecule has 0 aliphatic carbocycles. The molecule has 2 amide bonds. The molecule has 2 heterocycles. The number of carbonyl (C=O) groups excluding carboxylic acids is 2. The first kappa shape index (κ1) is 20.4. The van der Waals surface area contributed by atoms with E-state index in [-0.39, 0.29) is 29.9 Å². The molecule has 0 unspecified atom stereocenters. The zero-order valence-electron chi connectivity index (χ0n) is 16.9. The van der Waals surface area contributed by atoms with E-state index in [0.29, 0.717) is 41.0 Å². The van der Waals surface area contributed by atoms with Crippen molar-refractivity contribution in [1.29, 1.82) is 0 Å². The van der Waals surface area contributed by atoms with Gasteiger partial charge >= 0.3 is 0 Å². The van der Waals surface area contributed by atoms with Crippen LogP contribution in [0, 0.1) is 12.7 Å². The van der Waals surface area contributed by atoms with Gasteiger partial charge in [-0.25, -0.2) is 9.37 Å². The third-order valence-electron chi connectivity index (χ3n) is 4.82. The third kappa shape index (κ3) is 4.11. The summed E-state index contributed by atoms with van der Waals surface area (Å²) in [6.45, 7) is 6.63. The fourth-order valence-corrected chi connectivity index (χ4v) is 3.19. The fraction of sp³-hybridized carbons (Fsp3) is 0.333. The predicted molar refractivity (Wildman–Crippen MR) is 107 cm³/mol. The largest absolute Gasteiger partial charge is 0.342 e. The average molecular weight is 398 g/mol. The molecular weight excluding hydrogens is 375 g/mol. The van der Waals surface area contributed by atoms with Crippen LogP contribution in [0.15, 0.2) is 34.9 Å². The summed E-state index contributed by atoms with van der Waals surface area (Å²) in [5, 5.41) is 4.42. The molecule has 7 nitrogen and oxygen atoms in total. The second-order valence-electron chi connectivity index (χ2n) is 6.74. The summed E-state index contributed by atoms with van der Waals surface area (Å²) in [6, 6.07) is 7.43. The summed E-state index contributed by atoms with van der Waals surface area (Å²) in [6.07, 6.45) is 0. The molecule has 3 rings (SSSR count). The smallest absolute Gasteiger partial charge is 0.259 e. The van der Waals surface area contributed by atoms with Gasteiger partial charge in [-0.3, -0.25) is 9.59 Å². The average Bonchev–Trinajstić information content (AvgIpc) is 3.09. The standard InChI is InChI=1S/C21H23FN4O3/c1-5-26(6-2)18(27)12-25(4)21(28)16-11-17(14-7-9-15(22)10-8-14)23-20-19(16)13(3)24-29-20/h7-11H,5-6,12H2,1-4H3. The van der Waals surface area contributed by atoms with Gasteiger partial charge in [-0.1, -0.05) is 5.16 Å². The van der Waals surface area contributed by atoms with E-state index >= 15 is 0 Å². The molecule has 0 saturated heterocycles. The number of pyridine rings is 1. The highest BCUT2D eigenvalue weighted by atomic mass is 19.1. The molecule has 1 aromatic carbocycles. The first-order valence-corrected chi connectivity index (χ1v) is 9.41. The first-order chi connectivity index (χ1) is 13.8. The van der Waals surface area contributed by atoms with Gasteiger partial charge in [0.05, 0.1) is 28.9 Å². The second-order valence-corrected chi connectivity index (χ2v) is 6.74. The van der Waals surface area contributed by atoms with Crippen LogP contribution in [0.2, 0.25) is 0 Å². The molecule has 0 saturated carbocycles. The number of likely N-dealkylation sites (N-methyl/N-ethyl adjacent to an activating group) is 2. The SMILES string of the molecule is CCN(CC)C(=O)CN(C)C(=O)c1cc(-c2ccc(F)cc2)nc2onc(C)c12. The monoisotopic (exact) mass is 398 g/mol. The molecule has 0 aliphatic rings. The Bertz CT molecular complexity index is 1040. The lowest BCUT2D eigenvalue weighted by Gasteiger charge is -2.23. The molecule has 0 spiro atoms. The molecule has 2 aromatic heterocycles. The van der Waals surface area contributed by atoms with Crippen molar-refractivity contribution in [3.05, 3.63) is 47.4 Å². The number of rotatable bonds is 6. The zero-order valence-corrected chi connectivity index (χ0v) is 16.9. The molecule has 0 radical (unpaired) electrons. The second kappa shape index (κ2) is 8.38. The minimum Gasteiger partial charge on any atom is -0.342 e. The molecule has 29 heavy (non-hydrogen) atoms. The Balaban J connectivity index is 2.00. The van der Waals surface area contributed by atoms with E-state index in [1.165, 1.54) is 17.0 Å². The highest BCUT2D eigenvalue weighted by Crippen LogP contribution is 2.28. The van der Waals surface area contributed by atoms with E-state index < -0.39 is 0 Å². The molecule has 152 valence electrons. The minimum absolute atomic E-state index is 0.0411. The van der Waals surface area contributed by atoms with Crippen molar-refractivity contribution in [1.82, 2.24) is 19.9 Å². The summed E-state index contributed by atoms with van der Waals surface area (Å²) < 4.78 is 18.5. The van der Waals surface area contributed by atoms with Crippen LogP contribution in [0.25, 0.3) is 22.4 Å². The maximum atomic E-state index is 13.3. The summed E-state index contributed by atoms with van der Waals surface area (Å²) in [7, 11) is 1.58. The van der Waals surface area contributed by atoms with Crippen molar-refractivity contribution < 1.29 is 18.5 Å². The Morgan fingerprint density at radius 3 is 2.41 bits per heavy atom. The Morgan fingerprint density at radius 1 is 1.14 bits per heavy atom. The van der Waals surface area contributed by atoms with Crippen LogP contribution in [0.5, 0.6) is 0 Å². The van der Waals surface area contributed by atoms with Gasteiger partial charge in [0.25, 0.3) is 11.6 Å². The quantitative estimate of drug-likeness (QED) is 0.637. The third-order valence-corrected chi connectivity index (χ3v) is 4.82. The van der Waals surface area contributed by atoms with E-state index in [4.69, 9.17) is 4.52 Å². The molecule has 0 N–H and O–H groups in total. The van der Waals surface area contributed by atoms with Crippen LogP contribution in [-0.2, 0) is 4.79 Å². The normalized spacial score (nSPS) is 10.9. The highest BCUT2D eigenvalue weighted by Gasteiger charge is 2.24. The molecule has 8 heteroatoms. The number of carbonyl (C=O) groups is 2. The van der Waals surface area contributed by atoms with Crippen LogP contribution in [0.4, 0.5) is 4.39 Å². The summed E-state index contributed by atoms with van der Waals surface area (Å²) in [5.74, 6) is -0.833. The molecule has 0 bridgehead atoms. The van der Waals surface area contributed by atoms with Crippen LogP contribution in [0.3, 0.4) is 0 Å². The van der Waals surface area contributed by atoms with Crippen molar-refractivity contribution in [2.75, 3.05) is 26.7 Å². The highest BCUT2D eigenvalue weighted by molar-refractivity contribution is 6.07. The number of hydrogen-bond acceptors (Lipinski definition) is 5. The number of aryl methyl sites for hydroxylation is 1. The van der Waals surface area contributed by atoms with Gasteiger partial charge in [0.1, 0.15) is 5.82 Å². The van der Waals surface area contributed by atoms with Gasteiger partial charge in [0, 0.05) is 25.7 Å². The van der Waals surface area contributed by atoms with Crippen LogP contribution < -0.4 is 0 Å². The summed E-state index contributed by atoms with van der Waals surface area (Å²) >= 11 is 0. The summed E-state index contributed by atoms with van der Waals surface area (Å²) in [5.41, 5.74) is 2.18. The lowest BCUT2D eigenvalue weighted by Crippen LogP contribution is -2.41. The molecule has 3 aromatic rings. The van der Waals surface area contributed by atoms with Crippen LogP contribution >= 0.6 is 0 Å². The predicted octanol–water partition coefficient (Wildman–Crippen LogP) is 3.28. The zero-order chi connectivity index (χ0) is 21.1. The molecular formula is C21H23FN4O3. The number of benzene rings is 1. The first-order valence-electron chi connectivity index (χ1n) is 9.41. The van der Waals surface area contributed by atoms with E-state index in [1.807, 2.05) is 13.8 Å². The van der Waals surface area contributed by atoms with Gasteiger partial charge < -0.3 is 14.3 Å². The van der Waals surface area contributed by atoms with Crippen molar-refractivity contribution in [2.24, 2.45) is 0 Å². The van der Waals surface area contributed by atoms with Gasteiger partial charge in [-0.05, 0) is 51.1 Å². The number of aromatic nitrogens is 2. The topological polar surface area (TPSA) is 79.5 Å². The van der Waals surface area contributed by atoms with Crippen molar-refractivity contribution in [2.45, 2.75) is 20.8 Å². The van der Waals surface area contributed by atoms with Crippen molar-refractivity contribution in [3.63, 3.8) is 0 Å². The van der Waals surface area contributed by atoms with E-state index in [2.05, 4.69) is 10.1 Å². The van der Waals surface area contributed by atoms with Crippen molar-refractivity contribution >= 4 is 22.9 Å². The Labute approximate surface area is 168 Å². The van der Waals surface area contributed by atoms with Crippen molar-refractivity contribution in [3.8, 4) is 11.3 Å². The molecule has 0 fully saturated rings.